The summed E-state index contributed by atoms with van der Waals surface area (Å²) in [6.45, 7) is 7.42. The molecule has 460 valence electrons. The molecular weight excluding hydrogens is 1040 g/mol. The summed E-state index contributed by atoms with van der Waals surface area (Å²) in [7, 11) is 14.4. The molecule has 1 aromatic carbocycles. The van der Waals surface area contributed by atoms with Crippen LogP contribution in [-0.4, -0.2) is 302 Å². The van der Waals surface area contributed by atoms with E-state index >= 15 is 0 Å². The third-order valence-corrected chi connectivity index (χ3v) is 5.93. The number of nitrogens with one attached hydrogen (secondary N) is 8. The minimum absolute atomic E-state index is 0.112. The second kappa shape index (κ2) is 89.6. The molecule has 1 rings (SSSR count). The summed E-state index contributed by atoms with van der Waals surface area (Å²) in [4.78, 5) is 78.0. The molecule has 0 atom stereocenters. The van der Waals surface area contributed by atoms with Crippen molar-refractivity contribution in [3.8, 4) is 0 Å². The molecule has 0 radical (unpaired) electrons. The zero-order valence-corrected chi connectivity index (χ0v) is 45.3. The Hall–Kier alpha value is -5.96. The van der Waals surface area contributed by atoms with Gasteiger partial charge in [0.05, 0.1) is 72.1 Å². The Morgan fingerprint density at radius 1 is 0.377 bits per heavy atom. The quantitative estimate of drug-likeness (QED) is 0.0319. The van der Waals surface area contributed by atoms with E-state index in [-0.39, 0.29) is 59.3 Å². The summed E-state index contributed by atoms with van der Waals surface area (Å²) in [5.74, 6) is -12.0. The smallest absolute Gasteiger partial charge is 0.414 e. The van der Waals surface area contributed by atoms with Crippen molar-refractivity contribution >= 4 is 47.8 Å². The Morgan fingerprint density at radius 2 is 0.584 bits per heavy atom. The third-order valence-electron chi connectivity index (χ3n) is 5.93. The van der Waals surface area contributed by atoms with Gasteiger partial charge in [0.15, 0.2) is 5.60 Å². The van der Waals surface area contributed by atoms with Crippen LogP contribution in [0.3, 0.4) is 0 Å². The van der Waals surface area contributed by atoms with Crippen molar-refractivity contribution in [3.63, 3.8) is 0 Å². The van der Waals surface area contributed by atoms with Crippen molar-refractivity contribution in [1.29, 1.82) is 0 Å². The largest absolute Gasteiger partial charge is 0.481 e. The summed E-state index contributed by atoms with van der Waals surface area (Å²) >= 11 is 0. The number of hydrogen-bond donors (Lipinski definition) is 25. The fraction of sp³-hybridized carbons (Fsp3) is 0.636. The number of aliphatic hydroxyl groups is 9. The van der Waals surface area contributed by atoms with Gasteiger partial charge in [-0.3, -0.25) is 14.4 Å². The van der Waals surface area contributed by atoms with Gasteiger partial charge in [0, 0.05) is 64.5 Å². The molecule has 0 aliphatic heterocycles. The van der Waals surface area contributed by atoms with Gasteiger partial charge in [0.1, 0.15) is 0 Å². The summed E-state index contributed by atoms with van der Waals surface area (Å²) in [5, 5.41) is 159. The Bertz CT molecular complexity index is 1310. The Labute approximate surface area is 449 Å². The Kier molecular flexibility index (Phi) is 112. The number of carboxylic acids is 8. The number of rotatable bonds is 25. The van der Waals surface area contributed by atoms with E-state index in [4.69, 9.17) is 96.4 Å². The van der Waals surface area contributed by atoms with Crippen LogP contribution in [-0.2, 0) is 44.8 Å². The maximum Gasteiger partial charge on any atom is 0.414 e. The third kappa shape index (κ3) is 147. The molecule has 0 aliphatic rings. The molecule has 0 amide bonds. The van der Waals surface area contributed by atoms with E-state index in [0.717, 1.165) is 5.56 Å². The van der Waals surface area contributed by atoms with E-state index in [1.54, 1.807) is 68.5 Å². The molecule has 0 aliphatic carbocycles. The van der Waals surface area contributed by atoms with Crippen LogP contribution in [0.5, 0.6) is 0 Å². The van der Waals surface area contributed by atoms with Crippen molar-refractivity contribution in [2.75, 3.05) is 162 Å². The molecular formula is C44H94N8O25. The van der Waals surface area contributed by atoms with Crippen LogP contribution in [0.2, 0.25) is 0 Å². The average molecular weight is 1140 g/mol. The van der Waals surface area contributed by atoms with E-state index in [1.807, 2.05) is 18.2 Å². The molecule has 1 aromatic rings. The highest BCUT2D eigenvalue weighted by molar-refractivity contribution is 6.27. The first kappa shape index (κ1) is 96.7. The lowest BCUT2D eigenvalue weighted by Gasteiger charge is -2.18. The van der Waals surface area contributed by atoms with Crippen LogP contribution in [0.1, 0.15) is 18.4 Å². The zero-order chi connectivity index (χ0) is 62.7. The first-order valence-electron chi connectivity index (χ1n) is 22.4. The molecule has 33 nitrogen and oxygen atoms in total. The van der Waals surface area contributed by atoms with Gasteiger partial charge in [-0.1, -0.05) is 30.3 Å². The fourth-order valence-electron chi connectivity index (χ4n) is 2.52. The maximum absolute atomic E-state index is 10.3. The fourth-order valence-corrected chi connectivity index (χ4v) is 2.52. The molecule has 0 fully saturated rings. The molecule has 25 N–H and O–H groups in total. The van der Waals surface area contributed by atoms with Crippen LogP contribution < -0.4 is 42.5 Å². The molecule has 0 saturated carbocycles. The minimum Gasteiger partial charge on any atom is -0.481 e. The number of aliphatic carboxylic acids is 8. The summed E-state index contributed by atoms with van der Waals surface area (Å²) in [6.07, 6.45) is -1.06. The van der Waals surface area contributed by atoms with Gasteiger partial charge in [-0.2, -0.15) is 0 Å². The molecule has 0 heterocycles. The second-order valence-corrected chi connectivity index (χ2v) is 12.8. The zero-order valence-electron chi connectivity index (χ0n) is 45.3. The molecule has 33 heteroatoms. The van der Waals surface area contributed by atoms with Crippen molar-refractivity contribution in [2.24, 2.45) is 0 Å². The topological polar surface area (TPSA) is 577 Å². The van der Waals surface area contributed by atoms with Gasteiger partial charge < -0.3 is 129 Å². The van der Waals surface area contributed by atoms with E-state index in [9.17, 15) is 28.8 Å². The van der Waals surface area contributed by atoms with Crippen molar-refractivity contribution in [3.05, 3.63) is 48.0 Å². The lowest BCUT2D eigenvalue weighted by atomic mass is 9.96. The van der Waals surface area contributed by atoms with E-state index < -0.39 is 66.2 Å². The van der Waals surface area contributed by atoms with E-state index in [0.29, 0.717) is 64.5 Å². The molecule has 0 aromatic heterocycles. The average Bonchev–Trinajstić information content (AvgIpc) is 3.35. The Morgan fingerprint density at radius 3 is 0.688 bits per heavy atom. The molecule has 0 bridgehead atoms. The first-order chi connectivity index (χ1) is 36.1. The van der Waals surface area contributed by atoms with Crippen LogP contribution in [0.25, 0.3) is 0 Å². The maximum atomic E-state index is 10.3. The molecule has 77 heavy (non-hydrogen) atoms. The van der Waals surface area contributed by atoms with Gasteiger partial charge in [0.25, 0.3) is 0 Å². The number of hydrogen-bond acceptors (Lipinski definition) is 25. The van der Waals surface area contributed by atoms with Crippen LogP contribution in [0, 0.1) is 0 Å². The normalized spacial score (nSPS) is 8.95. The monoisotopic (exact) mass is 1130 g/mol. The van der Waals surface area contributed by atoms with Gasteiger partial charge >= 0.3 is 47.8 Å². The SMILES string of the molecule is CNCCO.CNCCO.CNCCO.CNCCO.CNCCO.CNCCO.CNCCO.CNCCO.O=C(O)/C=C/C(=O)O.O=C(O)C(=O)O.O=C(O)CC(O)(CC(=O)O)C(=O)O.O=C(O)Cc1ccccc1. The minimum atomic E-state index is -2.74. The molecule has 0 unspecified atom stereocenters. The van der Waals surface area contributed by atoms with Crippen LogP contribution >= 0.6 is 0 Å². The van der Waals surface area contributed by atoms with E-state index in [1.165, 1.54) is 0 Å². The first-order valence-corrected chi connectivity index (χ1v) is 22.4. The summed E-state index contributed by atoms with van der Waals surface area (Å²) < 4.78 is 0. The Balaban J connectivity index is -0.0000000699. The summed E-state index contributed by atoms with van der Waals surface area (Å²) in [5.41, 5.74) is -1.90. The standard InChI is InChI=1S/C8H8O2.C6H8O7.C4H4O4.8C3H9NO.C2H2O4/c9-8(10)6-7-4-2-1-3-5-7;7-3(8)1-6(13,5(11)12)2-4(9)10;5-3(6)1-2-4(7)8;8*1-4-2-3-5;3-1(4)2(5)6/h1-5H,6H2,(H,9,10);13H,1-2H2,(H,7,8)(H,9,10)(H,11,12);1-2H,(H,5,6)(H,7,8);8*4-5H,2-3H2,1H3;(H,3,4)(H,5,6)/b;;2-1+;;;;;;;;;. The highest BCUT2D eigenvalue weighted by Crippen LogP contribution is 2.15. The van der Waals surface area contributed by atoms with Gasteiger partial charge in [-0.15, -0.1) is 0 Å². The van der Waals surface area contributed by atoms with E-state index in [2.05, 4.69) is 42.5 Å². The number of carbonyl (C=O) groups is 8. The van der Waals surface area contributed by atoms with Gasteiger partial charge in [0.2, 0.25) is 0 Å². The number of aliphatic hydroxyl groups excluding tert-OH is 8. The van der Waals surface area contributed by atoms with Crippen LogP contribution in [0.4, 0.5) is 0 Å². The highest BCUT2D eigenvalue weighted by Gasteiger charge is 2.40. The number of benzene rings is 1. The van der Waals surface area contributed by atoms with Crippen molar-refractivity contribution < 1.29 is 125 Å². The van der Waals surface area contributed by atoms with Gasteiger partial charge in [-0.25, -0.2) is 24.0 Å². The number of carboxylic acid groups (broad SMARTS) is 8. The van der Waals surface area contributed by atoms with Crippen molar-refractivity contribution in [2.45, 2.75) is 24.9 Å². The number of likely N-dealkylation sites (N-methyl/N-ethyl adjacent to an activating group) is 8. The highest BCUT2D eigenvalue weighted by atomic mass is 16.4. The van der Waals surface area contributed by atoms with Crippen molar-refractivity contribution in [1.82, 2.24) is 42.5 Å². The molecule has 0 spiro atoms. The van der Waals surface area contributed by atoms with Gasteiger partial charge in [-0.05, 0) is 61.9 Å². The molecule has 0 saturated heterocycles. The predicted molar refractivity (Wildman–Crippen MR) is 283 cm³/mol. The summed E-state index contributed by atoms with van der Waals surface area (Å²) in [6, 6.07) is 9.13. The second-order valence-electron chi connectivity index (χ2n) is 12.8. The van der Waals surface area contributed by atoms with Crippen LogP contribution in [0.15, 0.2) is 42.5 Å². The predicted octanol–water partition coefficient (Wildman–Crippen LogP) is -7.48. The lowest BCUT2D eigenvalue weighted by molar-refractivity contribution is -0.170. The lowest BCUT2D eigenvalue weighted by Crippen LogP contribution is -2.42.